The summed E-state index contributed by atoms with van der Waals surface area (Å²) >= 11 is 0. The van der Waals surface area contributed by atoms with Crippen LogP contribution in [0.25, 0.3) is 38.4 Å². The van der Waals surface area contributed by atoms with Crippen molar-refractivity contribution in [2.45, 2.75) is 6.42 Å². The van der Waals surface area contributed by atoms with E-state index in [1.807, 2.05) is 0 Å². The van der Waals surface area contributed by atoms with E-state index in [1.54, 1.807) is 0 Å². The first kappa shape index (κ1) is 11.1. The van der Waals surface area contributed by atoms with E-state index < -0.39 is 0 Å². The summed E-state index contributed by atoms with van der Waals surface area (Å²) in [6.07, 6.45) is 7.70. The Balaban J connectivity index is 2.24. The minimum absolute atomic E-state index is 1.01. The molecule has 21 heavy (non-hydrogen) atoms. The highest BCUT2D eigenvalue weighted by Gasteiger charge is 2.13. The van der Waals surface area contributed by atoms with Gasteiger partial charge in [0.25, 0.3) is 0 Å². The molecule has 0 aliphatic heterocycles. The quantitative estimate of drug-likeness (QED) is 0.318. The Morgan fingerprint density at radius 1 is 0.667 bits per heavy atom. The van der Waals surface area contributed by atoms with Gasteiger partial charge in [0.1, 0.15) is 0 Å². The third kappa shape index (κ3) is 1.39. The smallest absolute Gasteiger partial charge is 0.00295 e. The molecule has 0 aromatic heterocycles. The van der Waals surface area contributed by atoms with Crippen LogP contribution in [0.3, 0.4) is 0 Å². The summed E-state index contributed by atoms with van der Waals surface area (Å²) in [5.74, 6) is 0. The van der Waals surface area contributed by atoms with Crippen LogP contribution in [0.4, 0.5) is 0 Å². The van der Waals surface area contributed by atoms with Crippen LogP contribution in [0, 0.1) is 0 Å². The average molecular weight is 266 g/mol. The highest BCUT2D eigenvalue weighted by Crippen LogP contribution is 2.36. The SMILES string of the molecule is C1=CCc2c3cccc4cccc(c5cccc(c25)=C1)c43. The molecule has 0 bridgehead atoms. The second kappa shape index (κ2) is 3.95. The fraction of sp³-hybridized carbons (Fsp3) is 0.0476. The summed E-state index contributed by atoms with van der Waals surface area (Å²) in [6.45, 7) is 0. The highest BCUT2D eigenvalue weighted by atomic mass is 14.2. The van der Waals surface area contributed by atoms with Gasteiger partial charge < -0.3 is 0 Å². The van der Waals surface area contributed by atoms with E-state index in [-0.39, 0.29) is 0 Å². The van der Waals surface area contributed by atoms with Gasteiger partial charge in [-0.25, -0.2) is 0 Å². The molecule has 0 amide bonds. The fourth-order valence-corrected chi connectivity index (χ4v) is 3.79. The molecule has 0 nitrogen and oxygen atoms in total. The average Bonchev–Trinajstić information content (AvgIpc) is 2.76. The standard InChI is InChI=1S/C21H14/c1-2-10-16-17-11-4-8-15-9-5-13-19(21(15)17)18-12-3-7-14(6-1)20(16)18/h1-9,11-13H,10H2. The van der Waals surface area contributed by atoms with Crippen molar-refractivity contribution >= 4 is 38.4 Å². The minimum Gasteiger partial charge on any atom is -0.0801 e. The van der Waals surface area contributed by atoms with E-state index in [4.69, 9.17) is 0 Å². The number of rotatable bonds is 0. The van der Waals surface area contributed by atoms with Crippen molar-refractivity contribution in [1.29, 1.82) is 0 Å². The molecule has 0 atom stereocenters. The lowest BCUT2D eigenvalue weighted by molar-refractivity contribution is 1.34. The zero-order chi connectivity index (χ0) is 13.8. The Labute approximate surface area is 123 Å². The van der Waals surface area contributed by atoms with E-state index in [0.29, 0.717) is 0 Å². The van der Waals surface area contributed by atoms with Gasteiger partial charge in [-0.3, -0.25) is 0 Å². The second-order valence-electron chi connectivity index (χ2n) is 5.76. The van der Waals surface area contributed by atoms with Crippen LogP contribution in [0.5, 0.6) is 0 Å². The number of benzene rings is 4. The molecule has 0 saturated heterocycles. The van der Waals surface area contributed by atoms with Crippen molar-refractivity contribution < 1.29 is 0 Å². The predicted octanol–water partition coefficient (Wildman–Crippen LogP) is 4.76. The molecule has 0 heteroatoms. The van der Waals surface area contributed by atoms with Gasteiger partial charge >= 0.3 is 0 Å². The molecule has 0 unspecified atom stereocenters. The summed E-state index contributed by atoms with van der Waals surface area (Å²) < 4.78 is 0. The molecule has 0 heterocycles. The first-order chi connectivity index (χ1) is 10.4. The van der Waals surface area contributed by atoms with Crippen molar-refractivity contribution in [1.82, 2.24) is 0 Å². The van der Waals surface area contributed by atoms with Crippen molar-refractivity contribution in [2.24, 2.45) is 0 Å². The summed E-state index contributed by atoms with van der Waals surface area (Å²) in [7, 11) is 0. The third-order valence-corrected chi connectivity index (χ3v) is 4.65. The third-order valence-electron chi connectivity index (χ3n) is 4.65. The zero-order valence-electron chi connectivity index (χ0n) is 11.6. The number of hydrogen-bond acceptors (Lipinski definition) is 0. The van der Waals surface area contributed by atoms with Gasteiger partial charge in [-0.2, -0.15) is 0 Å². The summed E-state index contributed by atoms with van der Waals surface area (Å²) in [6, 6.07) is 20.0. The van der Waals surface area contributed by atoms with Crippen LogP contribution >= 0.6 is 0 Å². The Morgan fingerprint density at radius 3 is 2.24 bits per heavy atom. The van der Waals surface area contributed by atoms with Gasteiger partial charge in [0.15, 0.2) is 0 Å². The van der Waals surface area contributed by atoms with Gasteiger partial charge in [0, 0.05) is 0 Å². The number of hydrogen-bond donors (Lipinski definition) is 0. The molecule has 0 saturated carbocycles. The maximum Gasteiger partial charge on any atom is -0.00295 e. The maximum atomic E-state index is 2.28. The molecule has 0 spiro atoms. The Hall–Kier alpha value is -2.60. The topological polar surface area (TPSA) is 0 Å². The van der Waals surface area contributed by atoms with E-state index in [2.05, 4.69) is 72.8 Å². The first-order valence-corrected chi connectivity index (χ1v) is 7.45. The van der Waals surface area contributed by atoms with Crippen molar-refractivity contribution in [3.63, 3.8) is 0 Å². The van der Waals surface area contributed by atoms with Crippen LogP contribution in [0.1, 0.15) is 5.56 Å². The molecule has 4 aromatic carbocycles. The monoisotopic (exact) mass is 266 g/mol. The van der Waals surface area contributed by atoms with Gasteiger partial charge in [0.2, 0.25) is 0 Å². The van der Waals surface area contributed by atoms with Crippen molar-refractivity contribution in [3.8, 4) is 0 Å². The number of fused-ring (bicyclic) bond motifs is 2. The Bertz CT molecular complexity index is 1090. The largest absolute Gasteiger partial charge is 0.0801 e. The molecule has 5 rings (SSSR count). The normalized spacial score (nSPS) is 13.7. The molecule has 1 aliphatic rings. The Morgan fingerprint density at radius 2 is 1.38 bits per heavy atom. The van der Waals surface area contributed by atoms with E-state index in [0.717, 1.165) is 6.42 Å². The maximum absolute atomic E-state index is 2.28. The molecule has 0 N–H and O–H groups in total. The van der Waals surface area contributed by atoms with E-state index in [9.17, 15) is 0 Å². The summed E-state index contributed by atoms with van der Waals surface area (Å²) in [5.41, 5.74) is 1.47. The second-order valence-corrected chi connectivity index (χ2v) is 5.76. The molecule has 0 radical (unpaired) electrons. The molecule has 4 aromatic rings. The van der Waals surface area contributed by atoms with E-state index >= 15 is 0 Å². The van der Waals surface area contributed by atoms with Gasteiger partial charge in [-0.05, 0) is 49.5 Å². The van der Waals surface area contributed by atoms with Gasteiger partial charge in [-0.15, -0.1) is 0 Å². The molecule has 98 valence electrons. The van der Waals surface area contributed by atoms with Gasteiger partial charge in [0.05, 0.1) is 0 Å². The predicted molar refractivity (Wildman–Crippen MR) is 91.5 cm³/mol. The zero-order valence-corrected chi connectivity index (χ0v) is 11.6. The molecule has 0 fully saturated rings. The molecular formula is C21H14. The summed E-state index contributed by atoms with van der Waals surface area (Å²) in [4.78, 5) is 0. The lowest BCUT2D eigenvalue weighted by Crippen LogP contribution is -2.03. The van der Waals surface area contributed by atoms with Crippen LogP contribution in [-0.2, 0) is 6.42 Å². The van der Waals surface area contributed by atoms with Crippen molar-refractivity contribution in [3.05, 3.63) is 77.5 Å². The van der Waals surface area contributed by atoms with Gasteiger partial charge in [-0.1, -0.05) is 72.8 Å². The van der Waals surface area contributed by atoms with Crippen molar-refractivity contribution in [2.75, 3.05) is 0 Å². The van der Waals surface area contributed by atoms with Crippen LogP contribution in [0.15, 0.2) is 66.7 Å². The lowest BCUT2D eigenvalue weighted by atomic mass is 9.89. The summed E-state index contributed by atoms with van der Waals surface area (Å²) in [5, 5.41) is 9.67. The van der Waals surface area contributed by atoms with Crippen LogP contribution in [-0.4, -0.2) is 0 Å². The highest BCUT2D eigenvalue weighted by molar-refractivity contribution is 6.23. The van der Waals surface area contributed by atoms with E-state index in [1.165, 1.54) is 43.1 Å². The molecule has 1 aliphatic carbocycles. The minimum atomic E-state index is 1.01. The van der Waals surface area contributed by atoms with Crippen LogP contribution in [0.2, 0.25) is 0 Å². The fourth-order valence-electron chi connectivity index (χ4n) is 3.79. The first-order valence-electron chi connectivity index (χ1n) is 7.45. The Kier molecular flexibility index (Phi) is 2.09. The lowest BCUT2D eigenvalue weighted by Gasteiger charge is -2.14. The van der Waals surface area contributed by atoms with Crippen LogP contribution < -0.4 is 5.22 Å². The number of allylic oxidation sites excluding steroid dienone is 2. The molecular weight excluding hydrogens is 252 g/mol.